The summed E-state index contributed by atoms with van der Waals surface area (Å²) >= 11 is 0. The molecule has 3 aromatic rings. The van der Waals surface area contributed by atoms with Gasteiger partial charge < -0.3 is 10.6 Å². The maximum absolute atomic E-state index is 13.8. The van der Waals surface area contributed by atoms with Crippen LogP contribution in [0, 0.1) is 24.4 Å². The molecule has 0 aliphatic rings. The normalized spacial score (nSPS) is 10.6. The summed E-state index contributed by atoms with van der Waals surface area (Å²) in [5, 5.41) is 5.71. The van der Waals surface area contributed by atoms with E-state index in [9.17, 15) is 13.2 Å². The summed E-state index contributed by atoms with van der Waals surface area (Å²) in [6, 6.07) is 9.03. The Bertz CT molecular complexity index is 887. The van der Waals surface area contributed by atoms with Crippen molar-refractivity contribution in [1.82, 2.24) is 15.0 Å². The first-order valence-corrected chi connectivity index (χ1v) is 7.43. The molecule has 2 heterocycles. The van der Waals surface area contributed by atoms with Crippen LogP contribution >= 0.6 is 0 Å². The fraction of sp³-hybridized carbons (Fsp3) is 0.118. The molecule has 0 radical (unpaired) electrons. The molecular weight excluding hydrogens is 331 g/mol. The SMILES string of the molecule is Cc1nc(NCc2ccccn2)cc(Nc2ccc(F)c(F)c2F)n1. The van der Waals surface area contributed by atoms with E-state index in [1.54, 1.807) is 13.1 Å². The minimum absolute atomic E-state index is 0.215. The Balaban J connectivity index is 1.79. The summed E-state index contributed by atoms with van der Waals surface area (Å²) in [6.45, 7) is 2.11. The first-order valence-electron chi connectivity index (χ1n) is 7.43. The highest BCUT2D eigenvalue weighted by atomic mass is 19.2. The zero-order valence-electron chi connectivity index (χ0n) is 13.2. The first kappa shape index (κ1) is 16.7. The highest BCUT2D eigenvalue weighted by molar-refractivity contribution is 5.60. The molecule has 0 unspecified atom stereocenters. The molecule has 0 saturated carbocycles. The van der Waals surface area contributed by atoms with Crippen LogP contribution in [0.4, 0.5) is 30.5 Å². The van der Waals surface area contributed by atoms with Crippen molar-refractivity contribution in [1.29, 1.82) is 0 Å². The van der Waals surface area contributed by atoms with Crippen molar-refractivity contribution < 1.29 is 13.2 Å². The molecule has 3 rings (SSSR count). The van der Waals surface area contributed by atoms with Gasteiger partial charge in [0.05, 0.1) is 17.9 Å². The van der Waals surface area contributed by atoms with E-state index in [0.717, 1.165) is 17.8 Å². The zero-order valence-corrected chi connectivity index (χ0v) is 13.2. The topological polar surface area (TPSA) is 62.7 Å². The van der Waals surface area contributed by atoms with Crippen LogP contribution in [0.2, 0.25) is 0 Å². The van der Waals surface area contributed by atoms with E-state index in [0.29, 0.717) is 18.2 Å². The van der Waals surface area contributed by atoms with Crippen molar-refractivity contribution in [3.63, 3.8) is 0 Å². The molecule has 0 fully saturated rings. The van der Waals surface area contributed by atoms with Crippen LogP contribution in [0.15, 0.2) is 42.6 Å². The van der Waals surface area contributed by atoms with Gasteiger partial charge in [-0.25, -0.2) is 23.1 Å². The number of halogens is 3. The predicted octanol–water partition coefficient (Wildman–Crippen LogP) is 3.95. The van der Waals surface area contributed by atoms with Gasteiger partial charge >= 0.3 is 0 Å². The molecule has 0 bridgehead atoms. The number of aromatic nitrogens is 3. The smallest absolute Gasteiger partial charge is 0.196 e. The third-order valence-electron chi connectivity index (χ3n) is 3.31. The van der Waals surface area contributed by atoms with Gasteiger partial charge in [-0.3, -0.25) is 4.98 Å². The first-order chi connectivity index (χ1) is 12.0. The monoisotopic (exact) mass is 345 g/mol. The molecule has 1 aromatic carbocycles. The average molecular weight is 345 g/mol. The molecule has 128 valence electrons. The lowest BCUT2D eigenvalue weighted by Gasteiger charge is -2.11. The molecule has 2 N–H and O–H groups in total. The second-order valence-electron chi connectivity index (χ2n) is 5.21. The quantitative estimate of drug-likeness (QED) is 0.686. The van der Waals surface area contributed by atoms with E-state index in [2.05, 4.69) is 25.6 Å². The molecule has 2 aromatic heterocycles. The Kier molecular flexibility index (Phi) is 4.78. The van der Waals surface area contributed by atoms with Crippen molar-refractivity contribution in [3.8, 4) is 0 Å². The van der Waals surface area contributed by atoms with E-state index < -0.39 is 17.5 Å². The molecule has 25 heavy (non-hydrogen) atoms. The number of benzene rings is 1. The van der Waals surface area contributed by atoms with Crippen LogP contribution in [0.3, 0.4) is 0 Å². The fourth-order valence-corrected chi connectivity index (χ4v) is 2.17. The molecule has 5 nitrogen and oxygen atoms in total. The maximum atomic E-state index is 13.8. The standard InChI is InChI=1S/C17H14F3N5/c1-10-23-14(22-9-11-4-2-3-7-21-11)8-15(24-10)25-13-6-5-12(18)16(19)17(13)20/h2-8H,9H2,1H3,(H2,22,23,24,25). The minimum Gasteiger partial charge on any atom is -0.364 e. The van der Waals surface area contributed by atoms with Gasteiger partial charge in [-0.1, -0.05) is 6.07 Å². The van der Waals surface area contributed by atoms with E-state index in [1.165, 1.54) is 6.07 Å². The third-order valence-corrected chi connectivity index (χ3v) is 3.31. The summed E-state index contributed by atoms with van der Waals surface area (Å²) < 4.78 is 40.1. The summed E-state index contributed by atoms with van der Waals surface area (Å²) in [4.78, 5) is 12.5. The van der Waals surface area contributed by atoms with Gasteiger partial charge in [-0.15, -0.1) is 0 Å². The van der Waals surface area contributed by atoms with E-state index in [4.69, 9.17) is 0 Å². The van der Waals surface area contributed by atoms with Crippen molar-refractivity contribution in [2.45, 2.75) is 13.5 Å². The molecule has 0 saturated heterocycles. The highest BCUT2D eigenvalue weighted by Gasteiger charge is 2.14. The third kappa shape index (κ3) is 4.03. The fourth-order valence-electron chi connectivity index (χ4n) is 2.17. The van der Waals surface area contributed by atoms with Gasteiger partial charge in [0, 0.05) is 12.3 Å². The molecule has 0 atom stereocenters. The zero-order chi connectivity index (χ0) is 17.8. The number of pyridine rings is 1. The second-order valence-corrected chi connectivity index (χ2v) is 5.21. The Labute approximate surface area is 142 Å². The van der Waals surface area contributed by atoms with Crippen LogP contribution in [-0.4, -0.2) is 15.0 Å². The van der Waals surface area contributed by atoms with E-state index in [-0.39, 0.29) is 11.5 Å². The average Bonchev–Trinajstić information content (AvgIpc) is 2.61. The lowest BCUT2D eigenvalue weighted by atomic mass is 10.2. The molecule has 0 spiro atoms. The molecule has 8 heteroatoms. The molecular formula is C17H14F3N5. The number of aryl methyl sites for hydroxylation is 1. The molecule has 0 aliphatic heterocycles. The number of hydrogen-bond acceptors (Lipinski definition) is 5. The summed E-state index contributed by atoms with van der Waals surface area (Å²) in [7, 11) is 0. The number of anilines is 3. The van der Waals surface area contributed by atoms with Gasteiger partial charge in [-0.05, 0) is 31.2 Å². The summed E-state index contributed by atoms with van der Waals surface area (Å²) in [5.41, 5.74) is 0.604. The maximum Gasteiger partial charge on any atom is 0.196 e. The Morgan fingerprint density at radius 2 is 1.76 bits per heavy atom. The van der Waals surface area contributed by atoms with Gasteiger partial charge in [0.2, 0.25) is 0 Å². The van der Waals surface area contributed by atoms with E-state index >= 15 is 0 Å². The molecule has 0 aliphatic carbocycles. The van der Waals surface area contributed by atoms with Gasteiger partial charge in [0.25, 0.3) is 0 Å². The van der Waals surface area contributed by atoms with E-state index in [1.807, 2.05) is 18.2 Å². The predicted molar refractivity (Wildman–Crippen MR) is 87.9 cm³/mol. The van der Waals surface area contributed by atoms with Crippen LogP contribution in [-0.2, 0) is 6.54 Å². The number of rotatable bonds is 5. The number of hydrogen-bond donors (Lipinski definition) is 2. The minimum atomic E-state index is -1.54. The Morgan fingerprint density at radius 3 is 2.52 bits per heavy atom. The van der Waals surface area contributed by atoms with Gasteiger partial charge in [0.15, 0.2) is 17.5 Å². The Hall–Kier alpha value is -3.16. The Morgan fingerprint density at radius 1 is 0.960 bits per heavy atom. The van der Waals surface area contributed by atoms with Gasteiger partial charge in [0.1, 0.15) is 17.5 Å². The largest absolute Gasteiger partial charge is 0.364 e. The van der Waals surface area contributed by atoms with Crippen molar-refractivity contribution in [2.24, 2.45) is 0 Å². The van der Waals surface area contributed by atoms with Crippen LogP contribution in [0.5, 0.6) is 0 Å². The summed E-state index contributed by atoms with van der Waals surface area (Å²) in [5.74, 6) is -2.93. The number of nitrogens with zero attached hydrogens (tertiary/aromatic N) is 3. The van der Waals surface area contributed by atoms with Crippen LogP contribution in [0.25, 0.3) is 0 Å². The van der Waals surface area contributed by atoms with Crippen molar-refractivity contribution in [3.05, 3.63) is 71.6 Å². The van der Waals surface area contributed by atoms with Crippen molar-refractivity contribution in [2.75, 3.05) is 10.6 Å². The molecule has 0 amide bonds. The van der Waals surface area contributed by atoms with Crippen LogP contribution in [0.1, 0.15) is 11.5 Å². The lowest BCUT2D eigenvalue weighted by molar-refractivity contribution is 0.449. The lowest BCUT2D eigenvalue weighted by Crippen LogP contribution is -2.07. The van der Waals surface area contributed by atoms with Gasteiger partial charge in [-0.2, -0.15) is 0 Å². The number of nitrogens with one attached hydrogen (secondary N) is 2. The highest BCUT2D eigenvalue weighted by Crippen LogP contribution is 2.23. The van der Waals surface area contributed by atoms with Crippen molar-refractivity contribution >= 4 is 17.3 Å². The van der Waals surface area contributed by atoms with Crippen LogP contribution < -0.4 is 10.6 Å². The second kappa shape index (κ2) is 7.16. The summed E-state index contributed by atoms with van der Waals surface area (Å²) in [6.07, 6.45) is 1.68.